The van der Waals surface area contributed by atoms with E-state index in [9.17, 15) is 9.59 Å². The number of amides is 2. The summed E-state index contributed by atoms with van der Waals surface area (Å²) >= 11 is 0. The molecule has 132 valence electrons. The number of nitrogens with one attached hydrogen (secondary N) is 1. The number of carbonyl (C=O) groups excluding carboxylic acids is 2. The van der Waals surface area contributed by atoms with E-state index in [2.05, 4.69) is 10.2 Å². The molecule has 1 fully saturated rings. The summed E-state index contributed by atoms with van der Waals surface area (Å²) < 4.78 is 5.74. The highest BCUT2D eigenvalue weighted by Crippen LogP contribution is 2.22. The van der Waals surface area contributed by atoms with Gasteiger partial charge in [0.25, 0.3) is 5.91 Å². The number of rotatable bonds is 6. The number of likely N-dealkylation sites (N-methyl/N-ethyl adjacent to an activating group) is 1. The molecule has 1 aromatic rings. The predicted octanol–water partition coefficient (Wildman–Crippen LogP) is 0.963. The zero-order chi connectivity index (χ0) is 17.5. The van der Waals surface area contributed by atoms with E-state index >= 15 is 0 Å². The third kappa shape index (κ3) is 4.96. The Morgan fingerprint density at radius 3 is 2.33 bits per heavy atom. The van der Waals surface area contributed by atoms with Crippen LogP contribution in [0.1, 0.15) is 18.1 Å². The average molecular weight is 333 g/mol. The first-order chi connectivity index (χ1) is 11.5. The molecule has 0 spiro atoms. The molecule has 0 aromatic heterocycles. The molecule has 0 radical (unpaired) electrons. The first-order valence-corrected chi connectivity index (χ1v) is 8.47. The van der Waals surface area contributed by atoms with Crippen LogP contribution in [0.15, 0.2) is 18.2 Å². The first kappa shape index (κ1) is 18.3. The number of carbonyl (C=O) groups is 2. The number of hydrogen-bond acceptors (Lipinski definition) is 4. The van der Waals surface area contributed by atoms with Crippen LogP contribution in [0, 0.1) is 13.8 Å². The van der Waals surface area contributed by atoms with Gasteiger partial charge in [-0.3, -0.25) is 14.5 Å². The molecule has 1 aliphatic heterocycles. The third-order valence-electron chi connectivity index (χ3n) is 4.21. The Morgan fingerprint density at radius 1 is 1.12 bits per heavy atom. The smallest absolute Gasteiger partial charge is 0.260 e. The van der Waals surface area contributed by atoms with Crippen molar-refractivity contribution in [2.24, 2.45) is 0 Å². The number of ether oxygens (including phenoxy) is 1. The van der Waals surface area contributed by atoms with Gasteiger partial charge in [-0.1, -0.05) is 18.2 Å². The van der Waals surface area contributed by atoms with Gasteiger partial charge in [0.2, 0.25) is 5.91 Å². The van der Waals surface area contributed by atoms with Crippen LogP contribution in [-0.2, 0) is 9.59 Å². The predicted molar refractivity (Wildman–Crippen MR) is 93.1 cm³/mol. The van der Waals surface area contributed by atoms with Crippen molar-refractivity contribution in [2.75, 3.05) is 45.9 Å². The molecule has 1 N–H and O–H groups in total. The van der Waals surface area contributed by atoms with E-state index in [1.165, 1.54) is 0 Å². The monoisotopic (exact) mass is 333 g/mol. The minimum absolute atomic E-state index is 0.00434. The second-order valence-electron chi connectivity index (χ2n) is 6.12. The van der Waals surface area contributed by atoms with Crippen LogP contribution in [0.25, 0.3) is 0 Å². The lowest BCUT2D eigenvalue weighted by Crippen LogP contribution is -2.52. The molecule has 0 unspecified atom stereocenters. The van der Waals surface area contributed by atoms with Crippen molar-refractivity contribution in [3.63, 3.8) is 0 Å². The number of piperazine rings is 1. The van der Waals surface area contributed by atoms with Gasteiger partial charge in [0.1, 0.15) is 5.75 Å². The van der Waals surface area contributed by atoms with Crippen molar-refractivity contribution in [3.05, 3.63) is 29.3 Å². The fourth-order valence-corrected chi connectivity index (χ4v) is 2.86. The molecular weight excluding hydrogens is 306 g/mol. The quantitative estimate of drug-likeness (QED) is 0.842. The Hall–Kier alpha value is -2.08. The van der Waals surface area contributed by atoms with E-state index in [0.717, 1.165) is 16.9 Å². The van der Waals surface area contributed by atoms with Gasteiger partial charge in [0.15, 0.2) is 6.61 Å². The van der Waals surface area contributed by atoms with Crippen molar-refractivity contribution < 1.29 is 14.3 Å². The molecule has 1 saturated heterocycles. The van der Waals surface area contributed by atoms with Gasteiger partial charge >= 0.3 is 0 Å². The maximum absolute atomic E-state index is 12.3. The van der Waals surface area contributed by atoms with Gasteiger partial charge in [0.05, 0.1) is 6.54 Å². The maximum Gasteiger partial charge on any atom is 0.260 e. The molecular formula is C18H27N3O3. The van der Waals surface area contributed by atoms with Crippen molar-refractivity contribution in [3.8, 4) is 5.75 Å². The van der Waals surface area contributed by atoms with E-state index in [4.69, 9.17) is 4.74 Å². The SMILES string of the molecule is CCNC(=O)CN1CCN(C(=O)COc2c(C)cccc2C)CC1. The second-order valence-corrected chi connectivity index (χ2v) is 6.12. The van der Waals surface area contributed by atoms with E-state index in [1.807, 2.05) is 43.9 Å². The summed E-state index contributed by atoms with van der Waals surface area (Å²) in [5, 5.41) is 2.79. The standard InChI is InChI=1S/C18H27N3O3/c1-4-19-16(22)12-20-8-10-21(11-9-20)17(23)13-24-18-14(2)6-5-7-15(18)3/h5-7H,4,8-13H2,1-3H3,(H,19,22). The Balaban J connectivity index is 1.78. The van der Waals surface area contributed by atoms with Gasteiger partial charge in [-0.25, -0.2) is 0 Å². The Kier molecular flexibility index (Phi) is 6.61. The van der Waals surface area contributed by atoms with E-state index in [0.29, 0.717) is 39.3 Å². The van der Waals surface area contributed by atoms with E-state index < -0.39 is 0 Å². The van der Waals surface area contributed by atoms with Crippen LogP contribution in [0.2, 0.25) is 0 Å². The highest BCUT2D eigenvalue weighted by molar-refractivity contribution is 5.79. The molecule has 0 bridgehead atoms. The van der Waals surface area contributed by atoms with Gasteiger partial charge in [0, 0.05) is 32.7 Å². The molecule has 2 amide bonds. The molecule has 0 aliphatic carbocycles. The van der Waals surface area contributed by atoms with Gasteiger partial charge in [-0.2, -0.15) is 0 Å². The molecule has 1 aliphatic rings. The van der Waals surface area contributed by atoms with Crippen molar-refractivity contribution in [2.45, 2.75) is 20.8 Å². The molecule has 0 atom stereocenters. The zero-order valence-corrected chi connectivity index (χ0v) is 14.8. The normalized spacial score (nSPS) is 15.2. The van der Waals surface area contributed by atoms with E-state index in [-0.39, 0.29) is 18.4 Å². The summed E-state index contributed by atoms with van der Waals surface area (Å²) in [6, 6.07) is 5.94. The topological polar surface area (TPSA) is 61.9 Å². The lowest BCUT2D eigenvalue weighted by molar-refractivity contribution is -0.135. The third-order valence-corrected chi connectivity index (χ3v) is 4.21. The molecule has 6 heteroatoms. The number of benzene rings is 1. The maximum atomic E-state index is 12.3. The van der Waals surface area contributed by atoms with E-state index in [1.54, 1.807) is 0 Å². The lowest BCUT2D eigenvalue weighted by atomic mass is 10.1. The minimum Gasteiger partial charge on any atom is -0.483 e. The van der Waals surface area contributed by atoms with Crippen molar-refractivity contribution in [1.82, 2.24) is 15.1 Å². The van der Waals surface area contributed by atoms with Crippen LogP contribution in [0.5, 0.6) is 5.75 Å². The second kappa shape index (κ2) is 8.68. The molecule has 2 rings (SSSR count). The highest BCUT2D eigenvalue weighted by atomic mass is 16.5. The summed E-state index contributed by atoms with van der Waals surface area (Å²) in [7, 11) is 0. The molecule has 1 heterocycles. The summed E-state index contributed by atoms with van der Waals surface area (Å²) in [4.78, 5) is 27.8. The summed E-state index contributed by atoms with van der Waals surface area (Å²) in [5.41, 5.74) is 2.07. The Morgan fingerprint density at radius 2 is 1.75 bits per heavy atom. The van der Waals surface area contributed by atoms with Gasteiger partial charge in [-0.05, 0) is 31.9 Å². The Bertz CT molecular complexity index is 561. The van der Waals surface area contributed by atoms with Crippen LogP contribution in [0.4, 0.5) is 0 Å². The van der Waals surface area contributed by atoms with Crippen LogP contribution < -0.4 is 10.1 Å². The highest BCUT2D eigenvalue weighted by Gasteiger charge is 2.22. The lowest BCUT2D eigenvalue weighted by Gasteiger charge is -2.34. The number of hydrogen-bond donors (Lipinski definition) is 1. The molecule has 24 heavy (non-hydrogen) atoms. The number of aryl methyl sites for hydroxylation is 2. The summed E-state index contributed by atoms with van der Waals surface area (Å²) in [6.45, 7) is 9.66. The fraction of sp³-hybridized carbons (Fsp3) is 0.556. The number of nitrogens with zero attached hydrogens (tertiary/aromatic N) is 2. The summed E-state index contributed by atoms with van der Waals surface area (Å²) in [6.07, 6.45) is 0. The number of para-hydroxylation sites is 1. The zero-order valence-electron chi connectivity index (χ0n) is 14.8. The van der Waals surface area contributed by atoms with Crippen LogP contribution in [-0.4, -0.2) is 67.5 Å². The fourth-order valence-electron chi connectivity index (χ4n) is 2.86. The average Bonchev–Trinajstić information content (AvgIpc) is 2.55. The molecule has 1 aromatic carbocycles. The minimum atomic E-state index is -0.00434. The van der Waals surface area contributed by atoms with Crippen LogP contribution >= 0.6 is 0 Å². The van der Waals surface area contributed by atoms with Gasteiger partial charge in [-0.15, -0.1) is 0 Å². The largest absolute Gasteiger partial charge is 0.483 e. The van der Waals surface area contributed by atoms with Gasteiger partial charge < -0.3 is 15.0 Å². The summed E-state index contributed by atoms with van der Waals surface area (Å²) in [5.74, 6) is 0.826. The molecule has 0 saturated carbocycles. The Labute approximate surface area is 143 Å². The van der Waals surface area contributed by atoms with Crippen LogP contribution in [0.3, 0.4) is 0 Å². The first-order valence-electron chi connectivity index (χ1n) is 8.47. The van der Waals surface area contributed by atoms with Crippen molar-refractivity contribution in [1.29, 1.82) is 0 Å². The molecule has 6 nitrogen and oxygen atoms in total. The van der Waals surface area contributed by atoms with Crippen molar-refractivity contribution >= 4 is 11.8 Å².